The molecule has 0 aromatic heterocycles. The van der Waals surface area contributed by atoms with Crippen molar-refractivity contribution in [2.75, 3.05) is 0 Å². The number of nitrogens with two attached hydrogens (primary N) is 1. The Hall–Kier alpha value is -2.81. The minimum atomic E-state index is -0.141. The van der Waals surface area contributed by atoms with E-state index in [0.29, 0.717) is 17.8 Å². The summed E-state index contributed by atoms with van der Waals surface area (Å²) in [6.07, 6.45) is 5.47. The van der Waals surface area contributed by atoms with E-state index in [1.54, 1.807) is 13.0 Å². The van der Waals surface area contributed by atoms with E-state index in [1.165, 1.54) is 11.1 Å². The van der Waals surface area contributed by atoms with Crippen molar-refractivity contribution in [1.82, 2.24) is 5.32 Å². The Morgan fingerprint density at radius 2 is 1.72 bits per heavy atom. The number of carbonyl (C=O) groups is 1. The van der Waals surface area contributed by atoms with Gasteiger partial charge in [-0.05, 0) is 36.5 Å². The van der Waals surface area contributed by atoms with Crippen LogP contribution in [-0.2, 0) is 17.8 Å². The molecule has 2 aromatic carbocycles. The monoisotopic (exact) mass is 334 g/mol. The molecule has 0 unspecified atom stereocenters. The van der Waals surface area contributed by atoms with Crippen molar-refractivity contribution >= 4 is 5.91 Å². The van der Waals surface area contributed by atoms with Crippen molar-refractivity contribution < 1.29 is 4.79 Å². The van der Waals surface area contributed by atoms with Crippen molar-refractivity contribution in [3.05, 3.63) is 94.7 Å². The Kier molecular flexibility index (Phi) is 7.02. The Labute approximate surface area is 150 Å². The lowest BCUT2D eigenvalue weighted by Crippen LogP contribution is -2.25. The summed E-state index contributed by atoms with van der Waals surface area (Å²) in [7, 11) is 0. The maximum absolute atomic E-state index is 12.3. The van der Waals surface area contributed by atoms with Crippen LogP contribution in [0.5, 0.6) is 0 Å². The van der Waals surface area contributed by atoms with Gasteiger partial charge in [-0.25, -0.2) is 0 Å². The minimum Gasteiger partial charge on any atom is -0.402 e. The van der Waals surface area contributed by atoms with Gasteiger partial charge in [0.1, 0.15) is 0 Å². The molecule has 0 saturated heterocycles. The first-order valence-electron chi connectivity index (χ1n) is 8.63. The van der Waals surface area contributed by atoms with Gasteiger partial charge in [-0.2, -0.15) is 0 Å². The normalized spacial score (nSPS) is 12.1. The van der Waals surface area contributed by atoms with E-state index < -0.39 is 0 Å². The predicted octanol–water partition coefficient (Wildman–Crippen LogP) is 4.09. The fourth-order valence-electron chi connectivity index (χ4n) is 2.58. The molecule has 3 N–H and O–H groups in total. The van der Waals surface area contributed by atoms with Crippen LogP contribution in [0.15, 0.2) is 78.0 Å². The van der Waals surface area contributed by atoms with E-state index in [-0.39, 0.29) is 5.91 Å². The van der Waals surface area contributed by atoms with Crippen molar-refractivity contribution in [2.24, 2.45) is 5.73 Å². The zero-order valence-electron chi connectivity index (χ0n) is 15.0. The number of hydrogen-bond donors (Lipinski definition) is 2. The third-order valence-electron chi connectivity index (χ3n) is 3.89. The van der Waals surface area contributed by atoms with Crippen molar-refractivity contribution in [3.8, 4) is 0 Å². The number of benzene rings is 2. The Morgan fingerprint density at radius 3 is 2.40 bits per heavy atom. The molecule has 0 atom stereocenters. The smallest absolute Gasteiger partial charge is 0.253 e. The topological polar surface area (TPSA) is 55.1 Å². The lowest BCUT2D eigenvalue weighted by molar-refractivity contribution is -0.117. The summed E-state index contributed by atoms with van der Waals surface area (Å²) >= 11 is 0. The number of amides is 1. The first-order chi connectivity index (χ1) is 12.1. The number of hydrogen-bond acceptors (Lipinski definition) is 2. The molecular formula is C22H26N2O. The molecule has 0 heterocycles. The zero-order chi connectivity index (χ0) is 18.1. The van der Waals surface area contributed by atoms with Gasteiger partial charge in [0.15, 0.2) is 0 Å². The molecular weight excluding hydrogens is 308 g/mol. The summed E-state index contributed by atoms with van der Waals surface area (Å²) in [6, 6.07) is 18.7. The van der Waals surface area contributed by atoms with E-state index in [4.69, 9.17) is 5.73 Å². The SMILES string of the molecule is CC/C=C\C(C(=O)NCc1cccc(Cc2ccccc2)c1)=C(/C)N. The molecule has 0 aliphatic rings. The fourth-order valence-corrected chi connectivity index (χ4v) is 2.58. The van der Waals surface area contributed by atoms with Gasteiger partial charge in [-0.3, -0.25) is 4.79 Å². The average Bonchev–Trinajstić information content (AvgIpc) is 2.61. The Morgan fingerprint density at radius 1 is 1.04 bits per heavy atom. The molecule has 0 saturated carbocycles. The Bertz CT molecular complexity index is 757. The van der Waals surface area contributed by atoms with Crippen LogP contribution >= 0.6 is 0 Å². The molecule has 0 aliphatic heterocycles. The lowest BCUT2D eigenvalue weighted by Gasteiger charge is -2.09. The van der Waals surface area contributed by atoms with Crippen LogP contribution in [0.4, 0.5) is 0 Å². The highest BCUT2D eigenvalue weighted by atomic mass is 16.1. The first kappa shape index (κ1) is 18.5. The molecule has 3 heteroatoms. The molecule has 130 valence electrons. The molecule has 0 bridgehead atoms. The number of nitrogens with one attached hydrogen (secondary N) is 1. The van der Waals surface area contributed by atoms with Gasteiger partial charge >= 0.3 is 0 Å². The lowest BCUT2D eigenvalue weighted by atomic mass is 10.0. The van der Waals surface area contributed by atoms with Gasteiger partial charge in [-0.1, -0.05) is 73.7 Å². The molecule has 25 heavy (non-hydrogen) atoms. The van der Waals surface area contributed by atoms with Crippen LogP contribution in [0.2, 0.25) is 0 Å². The van der Waals surface area contributed by atoms with Gasteiger partial charge in [-0.15, -0.1) is 0 Å². The predicted molar refractivity (Wildman–Crippen MR) is 104 cm³/mol. The summed E-state index contributed by atoms with van der Waals surface area (Å²) in [4.78, 5) is 12.3. The second-order valence-electron chi connectivity index (χ2n) is 6.07. The van der Waals surface area contributed by atoms with E-state index in [2.05, 4.69) is 29.6 Å². The molecule has 2 aromatic rings. The van der Waals surface area contributed by atoms with Crippen molar-refractivity contribution in [1.29, 1.82) is 0 Å². The summed E-state index contributed by atoms with van der Waals surface area (Å²) in [5.41, 5.74) is 10.5. The second-order valence-corrected chi connectivity index (χ2v) is 6.07. The first-order valence-corrected chi connectivity index (χ1v) is 8.63. The number of allylic oxidation sites excluding steroid dienone is 2. The minimum absolute atomic E-state index is 0.141. The number of rotatable bonds is 7. The summed E-state index contributed by atoms with van der Waals surface area (Å²) in [5, 5.41) is 2.95. The average molecular weight is 334 g/mol. The molecule has 0 spiro atoms. The van der Waals surface area contributed by atoms with Crippen LogP contribution in [0.1, 0.15) is 37.0 Å². The summed E-state index contributed by atoms with van der Waals surface area (Å²) < 4.78 is 0. The van der Waals surface area contributed by atoms with Gasteiger partial charge in [0, 0.05) is 12.2 Å². The van der Waals surface area contributed by atoms with Gasteiger partial charge in [0.2, 0.25) is 0 Å². The van der Waals surface area contributed by atoms with E-state index in [9.17, 15) is 4.79 Å². The molecule has 3 nitrogen and oxygen atoms in total. The highest BCUT2D eigenvalue weighted by Crippen LogP contribution is 2.12. The maximum Gasteiger partial charge on any atom is 0.253 e. The maximum atomic E-state index is 12.3. The molecule has 0 aliphatic carbocycles. The zero-order valence-corrected chi connectivity index (χ0v) is 15.0. The second kappa shape index (κ2) is 9.48. The van der Waals surface area contributed by atoms with E-state index in [1.807, 2.05) is 43.3 Å². The van der Waals surface area contributed by atoms with Gasteiger partial charge in [0.25, 0.3) is 5.91 Å². The third kappa shape index (κ3) is 5.96. The van der Waals surface area contributed by atoms with Gasteiger partial charge < -0.3 is 11.1 Å². The highest BCUT2D eigenvalue weighted by molar-refractivity contribution is 5.96. The standard InChI is InChI=1S/C22H26N2O/c1-3-4-13-21(17(2)23)22(25)24-16-20-12-8-11-19(15-20)14-18-9-6-5-7-10-18/h4-13,15H,3,14,16,23H2,1-2H3,(H,24,25)/b13-4-,21-17-. The van der Waals surface area contributed by atoms with Gasteiger partial charge in [0.05, 0.1) is 5.57 Å². The number of carbonyl (C=O) groups excluding carboxylic acids is 1. The van der Waals surface area contributed by atoms with E-state index >= 15 is 0 Å². The van der Waals surface area contributed by atoms with Crippen LogP contribution in [0.3, 0.4) is 0 Å². The molecule has 1 amide bonds. The molecule has 0 radical (unpaired) electrons. The van der Waals surface area contributed by atoms with Crippen molar-refractivity contribution in [2.45, 2.75) is 33.2 Å². The highest BCUT2D eigenvalue weighted by Gasteiger charge is 2.08. The molecule has 2 rings (SSSR count). The van der Waals surface area contributed by atoms with Crippen LogP contribution in [-0.4, -0.2) is 5.91 Å². The Balaban J connectivity index is 2.01. The fraction of sp³-hybridized carbons (Fsp3) is 0.227. The van der Waals surface area contributed by atoms with Crippen LogP contribution < -0.4 is 11.1 Å². The van der Waals surface area contributed by atoms with Crippen molar-refractivity contribution in [3.63, 3.8) is 0 Å². The quantitative estimate of drug-likeness (QED) is 0.592. The summed E-state index contributed by atoms with van der Waals surface area (Å²) in [5.74, 6) is -0.141. The van der Waals surface area contributed by atoms with E-state index in [0.717, 1.165) is 18.4 Å². The van der Waals surface area contributed by atoms with Crippen LogP contribution in [0, 0.1) is 0 Å². The molecule has 0 fully saturated rings. The third-order valence-corrected chi connectivity index (χ3v) is 3.89. The largest absolute Gasteiger partial charge is 0.402 e. The summed E-state index contributed by atoms with van der Waals surface area (Å²) in [6.45, 7) is 4.25. The van der Waals surface area contributed by atoms with Crippen LogP contribution in [0.25, 0.3) is 0 Å².